The number of Topliss-reactive ketones (excluding diaryl/α,β-unsaturated/α-hetero) is 1. The number of hydrogen-bond acceptors (Lipinski definition) is 3. The van der Waals surface area contributed by atoms with Crippen LogP contribution in [-0.4, -0.2) is 17.6 Å². The van der Waals surface area contributed by atoms with Gasteiger partial charge in [-0.1, -0.05) is 20.8 Å². The van der Waals surface area contributed by atoms with E-state index >= 15 is 0 Å². The van der Waals surface area contributed by atoms with E-state index in [1.165, 1.54) is 5.01 Å². The van der Waals surface area contributed by atoms with Gasteiger partial charge in [0.05, 0.1) is 5.69 Å². The zero-order valence-corrected chi connectivity index (χ0v) is 11.9. The summed E-state index contributed by atoms with van der Waals surface area (Å²) in [4.78, 5) is 35.2. The topological polar surface area (TPSA) is 66.5 Å². The number of benzene rings is 1. The monoisotopic (exact) mass is 274 g/mol. The molecule has 2 rings (SSSR count). The van der Waals surface area contributed by atoms with Crippen LogP contribution in [0.25, 0.3) is 0 Å². The zero-order chi connectivity index (χ0) is 14.9. The van der Waals surface area contributed by atoms with Crippen molar-refractivity contribution < 1.29 is 14.4 Å². The summed E-state index contributed by atoms with van der Waals surface area (Å²) >= 11 is 0. The first-order valence-electron chi connectivity index (χ1n) is 6.56. The molecule has 1 saturated heterocycles. The molecule has 1 aromatic carbocycles. The van der Waals surface area contributed by atoms with Crippen molar-refractivity contribution in [1.82, 2.24) is 5.43 Å². The van der Waals surface area contributed by atoms with Gasteiger partial charge in [0.15, 0.2) is 5.78 Å². The second-order valence-corrected chi connectivity index (χ2v) is 5.89. The highest BCUT2D eigenvalue weighted by Crippen LogP contribution is 2.23. The lowest BCUT2D eigenvalue weighted by Gasteiger charge is -2.27. The number of carbonyl (C=O) groups is 3. The molecule has 1 aromatic rings. The third-order valence-electron chi connectivity index (χ3n) is 3.12. The van der Waals surface area contributed by atoms with Gasteiger partial charge >= 0.3 is 0 Å². The number of ketones is 1. The van der Waals surface area contributed by atoms with Crippen LogP contribution < -0.4 is 10.4 Å². The highest BCUT2D eigenvalue weighted by Gasteiger charge is 2.26. The van der Waals surface area contributed by atoms with Crippen LogP contribution in [0.2, 0.25) is 0 Å². The molecule has 0 unspecified atom stereocenters. The van der Waals surface area contributed by atoms with E-state index in [0.717, 1.165) is 0 Å². The summed E-state index contributed by atoms with van der Waals surface area (Å²) in [5.41, 5.74) is 3.23. The third-order valence-corrected chi connectivity index (χ3v) is 3.12. The van der Waals surface area contributed by atoms with Crippen molar-refractivity contribution in [3.05, 3.63) is 29.8 Å². The van der Waals surface area contributed by atoms with Gasteiger partial charge in [0.2, 0.25) is 11.8 Å². The van der Waals surface area contributed by atoms with E-state index in [9.17, 15) is 14.4 Å². The summed E-state index contributed by atoms with van der Waals surface area (Å²) in [5, 5.41) is 1.23. The number of hydrogen-bond donors (Lipinski definition) is 1. The van der Waals surface area contributed by atoms with Crippen molar-refractivity contribution in [2.24, 2.45) is 5.41 Å². The molecule has 0 spiro atoms. The molecular weight excluding hydrogens is 256 g/mol. The number of nitrogens with one attached hydrogen (secondary N) is 1. The lowest BCUT2D eigenvalue weighted by molar-refractivity contribution is -0.130. The average Bonchev–Trinajstić information content (AvgIpc) is 2.40. The fourth-order valence-electron chi connectivity index (χ4n) is 1.98. The van der Waals surface area contributed by atoms with E-state index < -0.39 is 5.41 Å². The van der Waals surface area contributed by atoms with Gasteiger partial charge in [0.1, 0.15) is 0 Å². The minimum atomic E-state index is -0.448. The lowest BCUT2D eigenvalue weighted by Crippen LogP contribution is -2.50. The van der Waals surface area contributed by atoms with E-state index in [4.69, 9.17) is 0 Å². The van der Waals surface area contributed by atoms with Crippen molar-refractivity contribution >= 4 is 23.3 Å². The molecule has 106 valence electrons. The Hall–Kier alpha value is -2.17. The van der Waals surface area contributed by atoms with Gasteiger partial charge in [-0.15, -0.1) is 0 Å². The number of rotatable bonds is 2. The van der Waals surface area contributed by atoms with Crippen LogP contribution >= 0.6 is 0 Å². The molecule has 0 saturated carbocycles. The van der Waals surface area contributed by atoms with Crippen LogP contribution in [-0.2, 0) is 9.59 Å². The summed E-state index contributed by atoms with van der Waals surface area (Å²) in [6, 6.07) is 6.69. The maximum Gasteiger partial charge on any atom is 0.246 e. The molecule has 1 N–H and O–H groups in total. The number of nitrogens with zero attached hydrogens (tertiary/aromatic N) is 1. The summed E-state index contributed by atoms with van der Waals surface area (Å²) in [6.45, 7) is 5.58. The minimum Gasteiger partial charge on any atom is -0.294 e. The molecule has 1 aliphatic heterocycles. The molecule has 1 aliphatic rings. The SMILES string of the molecule is CC(C)(C)C(=O)c1ccc(N2NC(=O)CCC2=O)cc1. The predicted molar refractivity (Wildman–Crippen MR) is 75.1 cm³/mol. The Morgan fingerprint density at radius 1 is 1.10 bits per heavy atom. The quantitative estimate of drug-likeness (QED) is 0.840. The lowest BCUT2D eigenvalue weighted by atomic mass is 9.86. The van der Waals surface area contributed by atoms with Gasteiger partial charge in [0.25, 0.3) is 0 Å². The van der Waals surface area contributed by atoms with E-state index in [1.807, 2.05) is 20.8 Å². The predicted octanol–water partition coefficient (Wildman–Crippen LogP) is 2.07. The molecule has 0 bridgehead atoms. The maximum atomic E-state index is 12.1. The van der Waals surface area contributed by atoms with Crippen molar-refractivity contribution in [3.8, 4) is 0 Å². The van der Waals surface area contributed by atoms with Crippen LogP contribution in [0.5, 0.6) is 0 Å². The number of amides is 2. The summed E-state index contributed by atoms with van der Waals surface area (Å²) in [6.07, 6.45) is 0.421. The fourth-order valence-corrected chi connectivity index (χ4v) is 1.98. The van der Waals surface area contributed by atoms with Gasteiger partial charge in [-0.2, -0.15) is 0 Å². The molecule has 0 radical (unpaired) electrons. The van der Waals surface area contributed by atoms with E-state index in [1.54, 1.807) is 24.3 Å². The van der Waals surface area contributed by atoms with Crippen LogP contribution in [0.4, 0.5) is 5.69 Å². The zero-order valence-electron chi connectivity index (χ0n) is 11.9. The Morgan fingerprint density at radius 2 is 1.70 bits per heavy atom. The second-order valence-electron chi connectivity index (χ2n) is 5.89. The second kappa shape index (κ2) is 5.07. The van der Waals surface area contributed by atoms with Crippen molar-refractivity contribution in [3.63, 3.8) is 0 Å². The van der Waals surface area contributed by atoms with Crippen LogP contribution in [0.1, 0.15) is 44.0 Å². The first kappa shape index (κ1) is 14.2. The maximum absolute atomic E-state index is 12.1. The van der Waals surface area contributed by atoms with Crippen molar-refractivity contribution in [1.29, 1.82) is 0 Å². The van der Waals surface area contributed by atoms with Crippen LogP contribution in [0.15, 0.2) is 24.3 Å². The van der Waals surface area contributed by atoms with E-state index in [2.05, 4.69) is 5.43 Å². The first-order chi connectivity index (χ1) is 9.29. The van der Waals surface area contributed by atoms with E-state index in [0.29, 0.717) is 11.3 Å². The van der Waals surface area contributed by atoms with Crippen molar-refractivity contribution in [2.75, 3.05) is 5.01 Å². The van der Waals surface area contributed by atoms with Gasteiger partial charge in [-0.25, -0.2) is 5.01 Å². The van der Waals surface area contributed by atoms with Crippen LogP contribution in [0.3, 0.4) is 0 Å². The highest BCUT2D eigenvalue weighted by molar-refractivity contribution is 6.02. The smallest absolute Gasteiger partial charge is 0.246 e. The Bertz CT molecular complexity index is 555. The van der Waals surface area contributed by atoms with Gasteiger partial charge in [-0.3, -0.25) is 19.8 Å². The number of carbonyl (C=O) groups excluding carboxylic acids is 3. The third kappa shape index (κ3) is 2.87. The fraction of sp³-hybridized carbons (Fsp3) is 0.400. The number of hydrazine groups is 1. The summed E-state index contributed by atoms with van der Waals surface area (Å²) in [7, 11) is 0. The molecular formula is C15H18N2O3. The molecule has 5 heteroatoms. The standard InChI is InChI=1S/C15H18N2O3/c1-15(2,3)14(20)10-4-6-11(7-5-10)17-13(19)9-8-12(18)16-17/h4-7H,8-9H2,1-3H3,(H,16,18). The Labute approximate surface area is 117 Å². The largest absolute Gasteiger partial charge is 0.294 e. The molecule has 20 heavy (non-hydrogen) atoms. The van der Waals surface area contributed by atoms with Gasteiger partial charge < -0.3 is 0 Å². The Balaban J connectivity index is 2.22. The molecule has 5 nitrogen and oxygen atoms in total. The van der Waals surface area contributed by atoms with Crippen LogP contribution in [0, 0.1) is 5.41 Å². The molecule has 1 fully saturated rings. The molecule has 0 aliphatic carbocycles. The summed E-state index contributed by atoms with van der Waals surface area (Å²) in [5.74, 6) is -0.294. The molecule has 0 atom stereocenters. The summed E-state index contributed by atoms with van der Waals surface area (Å²) < 4.78 is 0. The first-order valence-corrected chi connectivity index (χ1v) is 6.56. The average molecular weight is 274 g/mol. The molecule has 1 heterocycles. The number of anilines is 1. The minimum absolute atomic E-state index is 0.0399. The van der Waals surface area contributed by atoms with Gasteiger partial charge in [0, 0.05) is 23.8 Å². The Morgan fingerprint density at radius 3 is 2.25 bits per heavy atom. The Kier molecular flexibility index (Phi) is 3.61. The van der Waals surface area contributed by atoms with Gasteiger partial charge in [-0.05, 0) is 24.3 Å². The molecule has 0 aromatic heterocycles. The normalized spacial score (nSPS) is 16.1. The van der Waals surface area contributed by atoms with E-state index in [-0.39, 0.29) is 30.4 Å². The molecule has 2 amide bonds. The van der Waals surface area contributed by atoms with Crippen molar-refractivity contribution in [2.45, 2.75) is 33.6 Å². The highest BCUT2D eigenvalue weighted by atomic mass is 16.2.